The van der Waals surface area contributed by atoms with Gasteiger partial charge in [0.05, 0.1) is 0 Å². The lowest BCUT2D eigenvalue weighted by atomic mass is 10.2. The summed E-state index contributed by atoms with van der Waals surface area (Å²) in [4.78, 5) is 0. The molecule has 1 N–H and O–H groups in total. The molecule has 1 heterocycles. The fourth-order valence-electron chi connectivity index (χ4n) is 2.41. The van der Waals surface area contributed by atoms with Crippen molar-refractivity contribution < 1.29 is 13.5 Å². The van der Waals surface area contributed by atoms with Gasteiger partial charge in [0.2, 0.25) is 0 Å². The summed E-state index contributed by atoms with van der Waals surface area (Å²) in [5.74, 6) is 0.187. The molecular formula is C14H22N2O3S. The minimum Gasteiger partial charge on any atom is -0.508 e. The van der Waals surface area contributed by atoms with E-state index in [-0.39, 0.29) is 5.75 Å². The Balaban J connectivity index is 2.06. The second-order valence-electron chi connectivity index (χ2n) is 5.24. The SMILES string of the molecule is CN(Cc1ccc(O)cc1)S(=O)(=O)N1CCCCCC1. The average Bonchev–Trinajstić information content (AvgIpc) is 2.70. The van der Waals surface area contributed by atoms with Gasteiger partial charge < -0.3 is 5.11 Å². The van der Waals surface area contributed by atoms with Gasteiger partial charge in [-0.1, -0.05) is 25.0 Å². The maximum Gasteiger partial charge on any atom is 0.282 e. The average molecular weight is 298 g/mol. The maximum absolute atomic E-state index is 12.5. The predicted molar refractivity (Wildman–Crippen MR) is 78.5 cm³/mol. The summed E-state index contributed by atoms with van der Waals surface area (Å²) >= 11 is 0. The van der Waals surface area contributed by atoms with Gasteiger partial charge >= 0.3 is 0 Å². The lowest BCUT2D eigenvalue weighted by Crippen LogP contribution is -2.42. The molecule has 1 saturated heterocycles. The molecule has 0 spiro atoms. The summed E-state index contributed by atoms with van der Waals surface area (Å²) in [7, 11) is -1.79. The van der Waals surface area contributed by atoms with E-state index in [2.05, 4.69) is 0 Å². The van der Waals surface area contributed by atoms with E-state index in [0.29, 0.717) is 19.6 Å². The lowest BCUT2D eigenvalue weighted by molar-refractivity contribution is 0.363. The number of hydrogen-bond donors (Lipinski definition) is 1. The third kappa shape index (κ3) is 3.71. The summed E-state index contributed by atoms with van der Waals surface area (Å²) in [5, 5.41) is 9.25. The molecule has 0 aliphatic carbocycles. The molecule has 1 fully saturated rings. The van der Waals surface area contributed by atoms with Crippen LogP contribution in [-0.4, -0.2) is 42.3 Å². The minimum atomic E-state index is -3.39. The number of hydrogen-bond acceptors (Lipinski definition) is 3. The van der Waals surface area contributed by atoms with Crippen LogP contribution >= 0.6 is 0 Å². The van der Waals surface area contributed by atoms with Crippen molar-refractivity contribution in [1.29, 1.82) is 0 Å². The Labute approximate surface area is 121 Å². The second-order valence-corrected chi connectivity index (χ2v) is 7.28. The molecule has 0 aromatic heterocycles. The molecular weight excluding hydrogens is 276 g/mol. The first-order valence-electron chi connectivity index (χ1n) is 6.99. The van der Waals surface area contributed by atoms with E-state index >= 15 is 0 Å². The van der Waals surface area contributed by atoms with E-state index in [1.165, 1.54) is 4.31 Å². The molecule has 0 unspecified atom stereocenters. The van der Waals surface area contributed by atoms with E-state index < -0.39 is 10.2 Å². The Morgan fingerprint density at radius 1 is 1.10 bits per heavy atom. The van der Waals surface area contributed by atoms with Gasteiger partial charge in [0.25, 0.3) is 10.2 Å². The highest BCUT2D eigenvalue weighted by molar-refractivity contribution is 7.86. The van der Waals surface area contributed by atoms with Crippen molar-refractivity contribution in [2.24, 2.45) is 0 Å². The topological polar surface area (TPSA) is 60.9 Å². The molecule has 1 aliphatic heterocycles. The van der Waals surface area contributed by atoms with Crippen molar-refractivity contribution in [3.05, 3.63) is 29.8 Å². The molecule has 5 nitrogen and oxygen atoms in total. The maximum atomic E-state index is 12.5. The van der Waals surface area contributed by atoms with Gasteiger partial charge in [-0.25, -0.2) is 0 Å². The first kappa shape index (κ1) is 15.3. The van der Waals surface area contributed by atoms with Crippen LogP contribution in [0.3, 0.4) is 0 Å². The first-order valence-corrected chi connectivity index (χ1v) is 8.39. The van der Waals surface area contributed by atoms with Gasteiger partial charge in [-0.15, -0.1) is 0 Å². The zero-order valence-electron chi connectivity index (χ0n) is 11.8. The monoisotopic (exact) mass is 298 g/mol. The van der Waals surface area contributed by atoms with E-state index in [0.717, 1.165) is 31.2 Å². The molecule has 0 amide bonds. The van der Waals surface area contributed by atoms with E-state index in [1.807, 2.05) is 0 Å². The zero-order valence-corrected chi connectivity index (χ0v) is 12.6. The van der Waals surface area contributed by atoms with Crippen LogP contribution in [-0.2, 0) is 16.8 Å². The molecule has 1 aliphatic rings. The predicted octanol–water partition coefficient (Wildman–Crippen LogP) is 1.94. The molecule has 0 saturated carbocycles. The molecule has 6 heteroatoms. The number of phenolic OH excluding ortho intramolecular Hbond substituents is 1. The molecule has 0 bridgehead atoms. The van der Waals surface area contributed by atoms with Crippen LogP contribution in [0.15, 0.2) is 24.3 Å². The van der Waals surface area contributed by atoms with E-state index in [1.54, 1.807) is 35.6 Å². The van der Waals surface area contributed by atoms with Crippen LogP contribution in [0.2, 0.25) is 0 Å². The van der Waals surface area contributed by atoms with E-state index in [9.17, 15) is 13.5 Å². The van der Waals surface area contributed by atoms with E-state index in [4.69, 9.17) is 0 Å². The minimum absolute atomic E-state index is 0.187. The third-order valence-corrected chi connectivity index (χ3v) is 5.56. The van der Waals surface area contributed by atoms with Crippen LogP contribution in [0.4, 0.5) is 0 Å². The fraction of sp³-hybridized carbons (Fsp3) is 0.571. The lowest BCUT2D eigenvalue weighted by Gasteiger charge is -2.26. The third-order valence-electron chi connectivity index (χ3n) is 3.63. The van der Waals surface area contributed by atoms with Crippen molar-refractivity contribution in [3.8, 4) is 5.75 Å². The number of nitrogens with zero attached hydrogens (tertiary/aromatic N) is 2. The Morgan fingerprint density at radius 3 is 2.20 bits per heavy atom. The molecule has 2 rings (SSSR count). The zero-order chi connectivity index (χ0) is 14.6. The highest BCUT2D eigenvalue weighted by Gasteiger charge is 2.27. The summed E-state index contributed by atoms with van der Waals surface area (Å²) in [5.41, 5.74) is 0.865. The summed E-state index contributed by atoms with van der Waals surface area (Å²) < 4.78 is 28.0. The quantitative estimate of drug-likeness (QED) is 0.924. The van der Waals surface area contributed by atoms with Gasteiger partial charge in [-0.05, 0) is 30.5 Å². The Hall–Kier alpha value is -1.11. The van der Waals surface area contributed by atoms with Crippen molar-refractivity contribution >= 4 is 10.2 Å². The first-order chi connectivity index (χ1) is 9.50. The van der Waals surface area contributed by atoms with Crippen molar-refractivity contribution in [3.63, 3.8) is 0 Å². The van der Waals surface area contributed by atoms with Gasteiger partial charge in [-0.3, -0.25) is 0 Å². The largest absolute Gasteiger partial charge is 0.508 e. The number of benzene rings is 1. The second kappa shape index (κ2) is 6.56. The molecule has 112 valence electrons. The number of phenols is 1. The van der Waals surface area contributed by atoms with Crippen molar-refractivity contribution in [2.75, 3.05) is 20.1 Å². The van der Waals surface area contributed by atoms with Gasteiger partial charge in [0, 0.05) is 26.7 Å². The van der Waals surface area contributed by atoms with Gasteiger partial charge in [0.15, 0.2) is 0 Å². The highest BCUT2D eigenvalue weighted by Crippen LogP contribution is 2.18. The van der Waals surface area contributed by atoms with Gasteiger partial charge in [0.1, 0.15) is 5.75 Å². The molecule has 0 radical (unpaired) electrons. The smallest absolute Gasteiger partial charge is 0.282 e. The fourth-order valence-corrected chi connectivity index (χ4v) is 3.84. The summed E-state index contributed by atoms with van der Waals surface area (Å²) in [6, 6.07) is 6.62. The Morgan fingerprint density at radius 2 is 1.65 bits per heavy atom. The van der Waals surface area contributed by atoms with Crippen LogP contribution in [0, 0.1) is 0 Å². The normalized spacial score (nSPS) is 18.1. The van der Waals surface area contributed by atoms with Crippen LogP contribution in [0.1, 0.15) is 31.2 Å². The number of rotatable bonds is 4. The molecule has 20 heavy (non-hydrogen) atoms. The van der Waals surface area contributed by atoms with Crippen LogP contribution in [0.5, 0.6) is 5.75 Å². The summed E-state index contributed by atoms with van der Waals surface area (Å²) in [6.45, 7) is 1.55. The molecule has 1 aromatic rings. The molecule has 0 atom stereocenters. The van der Waals surface area contributed by atoms with Crippen LogP contribution < -0.4 is 0 Å². The highest BCUT2D eigenvalue weighted by atomic mass is 32.2. The molecule has 1 aromatic carbocycles. The Kier molecular flexibility index (Phi) is 5.01. The summed E-state index contributed by atoms with van der Waals surface area (Å²) in [6.07, 6.45) is 4.08. The van der Waals surface area contributed by atoms with Crippen LogP contribution in [0.25, 0.3) is 0 Å². The van der Waals surface area contributed by atoms with Crippen molar-refractivity contribution in [1.82, 2.24) is 8.61 Å². The van der Waals surface area contributed by atoms with Crippen molar-refractivity contribution in [2.45, 2.75) is 32.2 Å². The standard InChI is InChI=1S/C14H22N2O3S/c1-15(12-13-6-8-14(17)9-7-13)20(18,19)16-10-4-2-3-5-11-16/h6-9,17H,2-5,10-12H2,1H3. The Bertz CT molecular complexity index is 520. The number of aromatic hydroxyl groups is 1. The van der Waals surface area contributed by atoms with Gasteiger partial charge in [-0.2, -0.15) is 17.0 Å².